The Morgan fingerprint density at radius 1 is 1.65 bits per heavy atom. The molecule has 1 rings (SSSR count). The number of hydrogen-bond donors (Lipinski definition) is 2. The van der Waals surface area contributed by atoms with Gasteiger partial charge >= 0.3 is 6.09 Å². The zero-order valence-electron chi connectivity index (χ0n) is 9.94. The minimum Gasteiger partial charge on any atom is -0.444 e. The largest absolute Gasteiger partial charge is 0.444 e. The molecular weight excluding hydrogens is 258 g/mol. The molecule has 0 saturated carbocycles. The Labute approximate surface area is 109 Å². The number of nitrogens with one attached hydrogen (secondary N) is 1. The SMILES string of the molecule is CC(C)(C)OC(=O)NCc1nc(C(N)=S)cs1. The van der Waals surface area contributed by atoms with Gasteiger partial charge in [0.05, 0.1) is 6.54 Å². The minimum absolute atomic E-state index is 0.254. The third-order valence-corrected chi connectivity index (χ3v) is 2.64. The van der Waals surface area contributed by atoms with E-state index in [4.69, 9.17) is 22.7 Å². The Morgan fingerprint density at radius 2 is 2.29 bits per heavy atom. The highest BCUT2D eigenvalue weighted by Crippen LogP contribution is 2.10. The summed E-state index contributed by atoms with van der Waals surface area (Å²) in [6.07, 6.45) is -0.468. The number of ether oxygens (including phenoxy) is 1. The van der Waals surface area contributed by atoms with Gasteiger partial charge < -0.3 is 15.8 Å². The number of alkyl carbamates (subject to hydrolysis) is 1. The predicted octanol–water partition coefficient (Wildman–Crippen LogP) is 1.80. The van der Waals surface area contributed by atoms with Gasteiger partial charge in [-0.25, -0.2) is 9.78 Å². The number of hydrogen-bond acceptors (Lipinski definition) is 5. The molecule has 0 saturated heterocycles. The third kappa shape index (κ3) is 5.10. The van der Waals surface area contributed by atoms with Crippen molar-refractivity contribution < 1.29 is 9.53 Å². The highest BCUT2D eigenvalue weighted by Gasteiger charge is 2.16. The summed E-state index contributed by atoms with van der Waals surface area (Å²) in [7, 11) is 0. The van der Waals surface area contributed by atoms with Crippen LogP contribution < -0.4 is 11.1 Å². The lowest BCUT2D eigenvalue weighted by molar-refractivity contribution is 0.0523. The van der Waals surface area contributed by atoms with Crippen LogP contribution in [-0.4, -0.2) is 21.7 Å². The van der Waals surface area contributed by atoms with Gasteiger partial charge in [-0.15, -0.1) is 11.3 Å². The van der Waals surface area contributed by atoms with Crippen LogP contribution in [0.5, 0.6) is 0 Å². The Hall–Kier alpha value is -1.21. The van der Waals surface area contributed by atoms with Gasteiger partial charge in [0.25, 0.3) is 0 Å². The molecule has 3 N–H and O–H groups in total. The molecule has 1 aromatic heterocycles. The van der Waals surface area contributed by atoms with Crippen LogP contribution in [0.4, 0.5) is 4.79 Å². The van der Waals surface area contributed by atoms with Crippen molar-refractivity contribution in [3.63, 3.8) is 0 Å². The minimum atomic E-state index is -0.503. The number of carbonyl (C=O) groups excluding carboxylic acids is 1. The van der Waals surface area contributed by atoms with E-state index in [1.807, 2.05) is 0 Å². The first-order valence-electron chi connectivity index (χ1n) is 4.99. The van der Waals surface area contributed by atoms with Crippen molar-refractivity contribution in [3.05, 3.63) is 16.1 Å². The molecule has 0 aliphatic rings. The highest BCUT2D eigenvalue weighted by atomic mass is 32.1. The zero-order valence-corrected chi connectivity index (χ0v) is 11.6. The fourth-order valence-electron chi connectivity index (χ4n) is 0.967. The molecule has 0 unspecified atom stereocenters. The van der Waals surface area contributed by atoms with Gasteiger partial charge in [-0.05, 0) is 20.8 Å². The van der Waals surface area contributed by atoms with Gasteiger partial charge in [0, 0.05) is 5.38 Å². The van der Waals surface area contributed by atoms with Crippen molar-refractivity contribution in [1.29, 1.82) is 0 Å². The van der Waals surface area contributed by atoms with Crippen LogP contribution in [0.15, 0.2) is 5.38 Å². The van der Waals surface area contributed by atoms with Crippen molar-refractivity contribution in [1.82, 2.24) is 10.3 Å². The fourth-order valence-corrected chi connectivity index (χ4v) is 1.88. The summed E-state index contributed by atoms with van der Waals surface area (Å²) in [5.74, 6) is 0. The number of thiocarbonyl (C=S) groups is 1. The first-order chi connectivity index (χ1) is 7.78. The molecular formula is C10H15N3O2S2. The number of carbonyl (C=O) groups is 1. The van der Waals surface area contributed by atoms with E-state index in [1.54, 1.807) is 26.2 Å². The fraction of sp³-hybridized carbons (Fsp3) is 0.500. The molecule has 0 spiro atoms. The average Bonchev–Trinajstić information content (AvgIpc) is 2.60. The maximum Gasteiger partial charge on any atom is 0.408 e. The third-order valence-electron chi connectivity index (χ3n) is 1.59. The molecule has 17 heavy (non-hydrogen) atoms. The van der Waals surface area contributed by atoms with E-state index in [2.05, 4.69) is 10.3 Å². The normalized spacial score (nSPS) is 11.0. The van der Waals surface area contributed by atoms with Crippen molar-refractivity contribution in [2.24, 2.45) is 5.73 Å². The standard InChI is InChI=1S/C10H15N3O2S2/c1-10(2,3)15-9(14)12-4-7-13-6(5-17-7)8(11)16/h5H,4H2,1-3H3,(H2,11,16)(H,12,14). The van der Waals surface area contributed by atoms with Crippen LogP contribution in [0, 0.1) is 0 Å². The molecule has 0 aliphatic heterocycles. The van der Waals surface area contributed by atoms with Crippen molar-refractivity contribution in [2.45, 2.75) is 32.9 Å². The Bertz CT molecular complexity index is 423. The van der Waals surface area contributed by atoms with E-state index in [-0.39, 0.29) is 4.99 Å². The molecule has 1 aromatic rings. The van der Waals surface area contributed by atoms with Crippen LogP contribution in [0.1, 0.15) is 31.5 Å². The van der Waals surface area contributed by atoms with Crippen molar-refractivity contribution >= 4 is 34.6 Å². The first kappa shape index (κ1) is 13.9. The van der Waals surface area contributed by atoms with E-state index in [9.17, 15) is 4.79 Å². The number of nitrogens with two attached hydrogens (primary N) is 1. The lowest BCUT2D eigenvalue weighted by Crippen LogP contribution is -2.32. The van der Waals surface area contributed by atoms with Crippen LogP contribution in [0.3, 0.4) is 0 Å². The summed E-state index contributed by atoms with van der Waals surface area (Å²) in [5.41, 5.74) is 5.50. The Morgan fingerprint density at radius 3 is 2.76 bits per heavy atom. The molecule has 5 nitrogen and oxygen atoms in total. The highest BCUT2D eigenvalue weighted by molar-refractivity contribution is 7.80. The maximum absolute atomic E-state index is 11.4. The second-order valence-corrected chi connectivity index (χ2v) is 5.73. The van der Waals surface area contributed by atoms with Crippen LogP contribution in [0.25, 0.3) is 0 Å². The van der Waals surface area contributed by atoms with Crippen molar-refractivity contribution in [3.8, 4) is 0 Å². The Kier molecular flexibility index (Phi) is 4.41. The van der Waals surface area contributed by atoms with Gasteiger partial charge in [-0.1, -0.05) is 12.2 Å². The Balaban J connectivity index is 2.45. The van der Waals surface area contributed by atoms with E-state index in [0.717, 1.165) is 5.01 Å². The zero-order chi connectivity index (χ0) is 13.1. The second-order valence-electron chi connectivity index (χ2n) is 4.35. The smallest absolute Gasteiger partial charge is 0.408 e. The molecule has 94 valence electrons. The quantitative estimate of drug-likeness (QED) is 0.821. The number of thiazole rings is 1. The topological polar surface area (TPSA) is 77.2 Å². The molecule has 0 radical (unpaired) electrons. The predicted molar refractivity (Wildman–Crippen MR) is 71.1 cm³/mol. The lowest BCUT2D eigenvalue weighted by Gasteiger charge is -2.19. The first-order valence-corrected chi connectivity index (χ1v) is 6.28. The number of nitrogens with zero attached hydrogens (tertiary/aromatic N) is 1. The summed E-state index contributed by atoms with van der Waals surface area (Å²) in [5, 5.41) is 5.10. The lowest BCUT2D eigenvalue weighted by atomic mass is 10.2. The van der Waals surface area contributed by atoms with Crippen LogP contribution in [-0.2, 0) is 11.3 Å². The van der Waals surface area contributed by atoms with E-state index >= 15 is 0 Å². The van der Waals surface area contributed by atoms with Gasteiger partial charge in [-0.3, -0.25) is 0 Å². The number of amides is 1. The molecule has 7 heteroatoms. The van der Waals surface area contributed by atoms with Crippen LogP contribution in [0.2, 0.25) is 0 Å². The van der Waals surface area contributed by atoms with E-state index in [0.29, 0.717) is 12.2 Å². The molecule has 1 heterocycles. The number of rotatable bonds is 3. The summed E-state index contributed by atoms with van der Waals surface area (Å²) in [4.78, 5) is 15.8. The summed E-state index contributed by atoms with van der Waals surface area (Å²) >= 11 is 6.18. The number of aromatic nitrogens is 1. The second kappa shape index (κ2) is 5.42. The molecule has 0 aromatic carbocycles. The monoisotopic (exact) mass is 273 g/mol. The van der Waals surface area contributed by atoms with E-state index < -0.39 is 11.7 Å². The molecule has 0 aliphatic carbocycles. The summed E-state index contributed by atoms with van der Waals surface area (Å²) in [6, 6.07) is 0. The van der Waals surface area contributed by atoms with Gasteiger partial charge in [-0.2, -0.15) is 0 Å². The van der Waals surface area contributed by atoms with Crippen molar-refractivity contribution in [2.75, 3.05) is 0 Å². The molecule has 0 atom stereocenters. The summed E-state index contributed by atoms with van der Waals surface area (Å²) in [6.45, 7) is 5.73. The van der Waals surface area contributed by atoms with Gasteiger partial charge in [0.2, 0.25) is 0 Å². The summed E-state index contributed by atoms with van der Waals surface area (Å²) < 4.78 is 5.09. The van der Waals surface area contributed by atoms with Crippen LogP contribution >= 0.6 is 23.6 Å². The van der Waals surface area contributed by atoms with Gasteiger partial charge in [0.1, 0.15) is 21.3 Å². The maximum atomic E-state index is 11.4. The van der Waals surface area contributed by atoms with E-state index in [1.165, 1.54) is 11.3 Å². The molecule has 0 fully saturated rings. The average molecular weight is 273 g/mol. The molecule has 0 bridgehead atoms. The van der Waals surface area contributed by atoms with Gasteiger partial charge in [0.15, 0.2) is 0 Å². The molecule has 1 amide bonds.